The molecule has 0 aliphatic heterocycles. The Labute approximate surface area is 159 Å². The highest BCUT2D eigenvalue weighted by Gasteiger charge is 2.11. The molecule has 0 radical (unpaired) electrons. The fraction of sp³-hybridized carbons (Fsp3) is 0.227. The van der Waals surface area contributed by atoms with Gasteiger partial charge < -0.3 is 10.6 Å². The third-order valence-corrected chi connectivity index (χ3v) is 4.11. The number of anilines is 2. The minimum absolute atomic E-state index is 0.246. The van der Waals surface area contributed by atoms with Crippen LogP contribution in [0.2, 0.25) is 0 Å². The van der Waals surface area contributed by atoms with Crippen LogP contribution < -0.4 is 10.6 Å². The first kappa shape index (κ1) is 18.6. The normalized spacial score (nSPS) is 10.5. The molecule has 3 rings (SSSR count). The second-order valence-corrected chi connectivity index (χ2v) is 6.86. The Hall–Kier alpha value is -3.21. The van der Waals surface area contributed by atoms with Gasteiger partial charge in [0.25, 0.3) is 5.91 Å². The van der Waals surface area contributed by atoms with Crippen LogP contribution in [0, 0.1) is 27.7 Å². The van der Waals surface area contributed by atoms with E-state index in [1.165, 1.54) is 5.56 Å². The van der Waals surface area contributed by atoms with Crippen molar-refractivity contribution >= 4 is 17.4 Å². The molecule has 2 N–H and O–H groups in total. The molecule has 1 heterocycles. The maximum absolute atomic E-state index is 12.6. The van der Waals surface area contributed by atoms with Crippen LogP contribution in [0.5, 0.6) is 0 Å². The molecule has 27 heavy (non-hydrogen) atoms. The zero-order valence-electron chi connectivity index (χ0n) is 16.1. The summed E-state index contributed by atoms with van der Waals surface area (Å²) in [4.78, 5) is 21.3. The molecule has 0 unspecified atom stereocenters. The summed E-state index contributed by atoms with van der Waals surface area (Å²) in [6.07, 6.45) is 0. The van der Waals surface area contributed by atoms with E-state index in [9.17, 15) is 4.79 Å². The van der Waals surface area contributed by atoms with Gasteiger partial charge >= 0.3 is 0 Å². The van der Waals surface area contributed by atoms with E-state index >= 15 is 0 Å². The molecule has 0 saturated heterocycles. The number of hydrogen-bond acceptors (Lipinski definition) is 4. The smallest absolute Gasteiger partial charge is 0.274 e. The monoisotopic (exact) mass is 360 g/mol. The molecule has 1 aromatic heterocycles. The quantitative estimate of drug-likeness (QED) is 0.699. The summed E-state index contributed by atoms with van der Waals surface area (Å²) in [6, 6.07) is 15.9. The number of aryl methyl sites for hydroxylation is 4. The highest BCUT2D eigenvalue weighted by Crippen LogP contribution is 2.16. The van der Waals surface area contributed by atoms with Gasteiger partial charge in [-0.15, -0.1) is 0 Å². The van der Waals surface area contributed by atoms with Crippen LogP contribution >= 0.6 is 0 Å². The van der Waals surface area contributed by atoms with E-state index < -0.39 is 0 Å². The fourth-order valence-electron chi connectivity index (χ4n) is 3.03. The van der Waals surface area contributed by atoms with E-state index in [-0.39, 0.29) is 5.91 Å². The molecule has 0 aliphatic rings. The number of aromatic nitrogens is 2. The zero-order chi connectivity index (χ0) is 19.4. The fourth-order valence-corrected chi connectivity index (χ4v) is 3.03. The number of benzene rings is 2. The molecule has 0 bridgehead atoms. The van der Waals surface area contributed by atoms with E-state index in [1.54, 1.807) is 13.0 Å². The van der Waals surface area contributed by atoms with Crippen molar-refractivity contribution in [1.29, 1.82) is 0 Å². The van der Waals surface area contributed by atoms with Crippen LogP contribution in [0.15, 0.2) is 48.5 Å². The average molecular weight is 360 g/mol. The lowest BCUT2D eigenvalue weighted by Gasteiger charge is -2.10. The van der Waals surface area contributed by atoms with Gasteiger partial charge in [0, 0.05) is 18.3 Å². The lowest BCUT2D eigenvalue weighted by molar-refractivity contribution is 0.102. The van der Waals surface area contributed by atoms with Crippen molar-refractivity contribution in [3.05, 3.63) is 82.3 Å². The number of carbonyl (C=O) groups excluding carboxylic acids is 1. The van der Waals surface area contributed by atoms with Gasteiger partial charge in [0.05, 0.1) is 0 Å². The lowest BCUT2D eigenvalue weighted by atomic mass is 10.1. The van der Waals surface area contributed by atoms with Gasteiger partial charge in [0.2, 0.25) is 0 Å². The third-order valence-electron chi connectivity index (χ3n) is 4.11. The van der Waals surface area contributed by atoms with E-state index in [1.807, 2.05) is 32.0 Å². The Morgan fingerprint density at radius 1 is 0.889 bits per heavy atom. The van der Waals surface area contributed by atoms with Gasteiger partial charge in [-0.25, -0.2) is 9.97 Å². The van der Waals surface area contributed by atoms with Gasteiger partial charge in [-0.2, -0.15) is 0 Å². The van der Waals surface area contributed by atoms with Crippen molar-refractivity contribution in [2.24, 2.45) is 0 Å². The summed E-state index contributed by atoms with van der Waals surface area (Å²) in [7, 11) is 0. The molecule has 0 fully saturated rings. The van der Waals surface area contributed by atoms with Crippen LogP contribution in [0.1, 0.15) is 38.6 Å². The van der Waals surface area contributed by atoms with E-state index in [0.717, 1.165) is 22.4 Å². The minimum Gasteiger partial charge on any atom is -0.366 e. The summed E-state index contributed by atoms with van der Waals surface area (Å²) >= 11 is 0. The van der Waals surface area contributed by atoms with Gasteiger partial charge in [-0.05, 0) is 56.5 Å². The van der Waals surface area contributed by atoms with Crippen LogP contribution in [0.3, 0.4) is 0 Å². The molecule has 0 spiro atoms. The molecule has 2 aromatic carbocycles. The first-order valence-corrected chi connectivity index (χ1v) is 8.94. The second kappa shape index (κ2) is 7.99. The molecular formula is C22H24N4O. The predicted octanol–water partition coefficient (Wildman–Crippen LogP) is 4.57. The SMILES string of the molecule is Cc1cccc(CNc2cc(C(=O)Nc3cc(C)cc(C)c3)nc(C)n2)c1. The van der Waals surface area contributed by atoms with Crippen molar-refractivity contribution in [2.75, 3.05) is 10.6 Å². The molecule has 5 nitrogen and oxygen atoms in total. The van der Waals surface area contributed by atoms with Crippen LogP contribution in [0.4, 0.5) is 11.5 Å². The summed E-state index contributed by atoms with van der Waals surface area (Å²) in [5.41, 5.74) is 5.68. The van der Waals surface area contributed by atoms with Gasteiger partial charge in [-0.3, -0.25) is 4.79 Å². The predicted molar refractivity (Wildman–Crippen MR) is 109 cm³/mol. The zero-order valence-corrected chi connectivity index (χ0v) is 16.1. The third kappa shape index (κ3) is 5.14. The minimum atomic E-state index is -0.246. The summed E-state index contributed by atoms with van der Waals surface area (Å²) in [5.74, 6) is 0.938. The van der Waals surface area contributed by atoms with Crippen LogP contribution in [0.25, 0.3) is 0 Å². The Kier molecular flexibility index (Phi) is 5.50. The number of hydrogen-bond donors (Lipinski definition) is 2. The second-order valence-electron chi connectivity index (χ2n) is 6.86. The molecule has 5 heteroatoms. The molecule has 3 aromatic rings. The standard InChI is InChI=1S/C22H24N4O/c1-14-6-5-7-18(9-14)13-23-21-12-20(24-17(4)25-21)22(27)26-19-10-15(2)8-16(3)11-19/h5-12H,13H2,1-4H3,(H,26,27)(H,23,24,25). The Morgan fingerprint density at radius 3 is 2.33 bits per heavy atom. The largest absolute Gasteiger partial charge is 0.366 e. The Bertz CT molecular complexity index is 962. The average Bonchev–Trinajstić information content (AvgIpc) is 2.58. The number of amides is 1. The number of rotatable bonds is 5. The number of nitrogens with one attached hydrogen (secondary N) is 2. The first-order chi connectivity index (χ1) is 12.9. The maximum atomic E-state index is 12.6. The van der Waals surface area contributed by atoms with E-state index in [2.05, 4.69) is 51.8 Å². The molecule has 138 valence electrons. The van der Waals surface area contributed by atoms with Crippen LogP contribution in [-0.2, 0) is 6.54 Å². The lowest BCUT2D eigenvalue weighted by Crippen LogP contribution is -2.16. The van der Waals surface area contributed by atoms with Crippen molar-refractivity contribution in [3.63, 3.8) is 0 Å². The van der Waals surface area contributed by atoms with Crippen molar-refractivity contribution < 1.29 is 4.79 Å². The molecular weight excluding hydrogens is 336 g/mol. The Morgan fingerprint density at radius 2 is 1.63 bits per heavy atom. The summed E-state index contributed by atoms with van der Waals surface area (Å²) < 4.78 is 0. The highest BCUT2D eigenvalue weighted by molar-refractivity contribution is 6.03. The molecule has 1 amide bonds. The van der Waals surface area contributed by atoms with Gasteiger partial charge in [-0.1, -0.05) is 35.9 Å². The molecule has 0 saturated carbocycles. The van der Waals surface area contributed by atoms with Crippen LogP contribution in [-0.4, -0.2) is 15.9 Å². The highest BCUT2D eigenvalue weighted by atomic mass is 16.1. The van der Waals surface area contributed by atoms with Crippen molar-refractivity contribution in [2.45, 2.75) is 34.2 Å². The van der Waals surface area contributed by atoms with E-state index in [0.29, 0.717) is 23.9 Å². The maximum Gasteiger partial charge on any atom is 0.274 e. The summed E-state index contributed by atoms with van der Waals surface area (Å²) in [6.45, 7) is 8.49. The number of carbonyl (C=O) groups is 1. The van der Waals surface area contributed by atoms with Gasteiger partial charge in [0.1, 0.15) is 17.3 Å². The topological polar surface area (TPSA) is 66.9 Å². The van der Waals surface area contributed by atoms with Crippen molar-refractivity contribution in [3.8, 4) is 0 Å². The van der Waals surface area contributed by atoms with Crippen molar-refractivity contribution in [1.82, 2.24) is 9.97 Å². The summed E-state index contributed by atoms with van der Waals surface area (Å²) in [5, 5.41) is 6.19. The molecule has 0 aliphatic carbocycles. The number of nitrogens with zero attached hydrogens (tertiary/aromatic N) is 2. The van der Waals surface area contributed by atoms with E-state index in [4.69, 9.17) is 0 Å². The molecule has 0 atom stereocenters. The Balaban J connectivity index is 1.74. The first-order valence-electron chi connectivity index (χ1n) is 8.94. The van der Waals surface area contributed by atoms with Gasteiger partial charge in [0.15, 0.2) is 0 Å².